The Kier molecular flexibility index (Phi) is 4.16. The molecule has 0 amide bonds. The van der Waals surface area contributed by atoms with Gasteiger partial charge in [0.2, 0.25) is 0 Å². The van der Waals surface area contributed by atoms with E-state index in [1.165, 1.54) is 38.0 Å². The monoisotopic (exact) mass is 274 g/mol. The van der Waals surface area contributed by atoms with Crippen LogP contribution in [0.1, 0.15) is 39.5 Å². The van der Waals surface area contributed by atoms with Crippen molar-refractivity contribution in [3.63, 3.8) is 0 Å². The SMILES string of the molecule is CCC(C)Oc1cccc(NC2CCN3CCCC23)c1. The molecule has 0 radical (unpaired) electrons. The summed E-state index contributed by atoms with van der Waals surface area (Å²) in [6.07, 6.45) is 5.29. The standard InChI is InChI=1S/C17H26N2O/c1-3-13(2)20-15-7-4-6-14(12-15)18-16-9-11-19-10-5-8-17(16)19/h4,6-7,12-13,16-18H,3,5,8-11H2,1-2H3. The minimum absolute atomic E-state index is 0.280. The summed E-state index contributed by atoms with van der Waals surface area (Å²) in [5.74, 6) is 0.977. The van der Waals surface area contributed by atoms with E-state index >= 15 is 0 Å². The average molecular weight is 274 g/mol. The highest BCUT2D eigenvalue weighted by Crippen LogP contribution is 2.30. The highest BCUT2D eigenvalue weighted by molar-refractivity contribution is 5.49. The van der Waals surface area contributed by atoms with Crippen molar-refractivity contribution in [2.24, 2.45) is 0 Å². The second kappa shape index (κ2) is 6.04. The molecule has 20 heavy (non-hydrogen) atoms. The third-order valence-electron chi connectivity index (χ3n) is 4.70. The Morgan fingerprint density at radius 3 is 3.10 bits per heavy atom. The van der Waals surface area contributed by atoms with Gasteiger partial charge in [0.05, 0.1) is 6.10 Å². The molecule has 0 aliphatic carbocycles. The predicted molar refractivity (Wildman–Crippen MR) is 83.4 cm³/mol. The van der Waals surface area contributed by atoms with Gasteiger partial charge in [-0.05, 0) is 51.3 Å². The van der Waals surface area contributed by atoms with Gasteiger partial charge in [0, 0.05) is 30.4 Å². The largest absolute Gasteiger partial charge is 0.491 e. The van der Waals surface area contributed by atoms with Gasteiger partial charge in [-0.1, -0.05) is 13.0 Å². The second-order valence-corrected chi connectivity index (χ2v) is 6.15. The number of fused-ring (bicyclic) bond motifs is 1. The van der Waals surface area contributed by atoms with Gasteiger partial charge in [-0.15, -0.1) is 0 Å². The second-order valence-electron chi connectivity index (χ2n) is 6.15. The maximum absolute atomic E-state index is 5.90. The van der Waals surface area contributed by atoms with Gasteiger partial charge in [-0.2, -0.15) is 0 Å². The molecule has 0 saturated carbocycles. The lowest BCUT2D eigenvalue weighted by molar-refractivity contribution is 0.217. The molecule has 0 aromatic heterocycles. The molecule has 1 N–H and O–H groups in total. The van der Waals surface area contributed by atoms with Crippen molar-refractivity contribution in [3.8, 4) is 5.75 Å². The normalized spacial score (nSPS) is 27.3. The minimum Gasteiger partial charge on any atom is -0.491 e. The highest BCUT2D eigenvalue weighted by atomic mass is 16.5. The molecule has 2 saturated heterocycles. The van der Waals surface area contributed by atoms with Gasteiger partial charge in [0.1, 0.15) is 5.75 Å². The van der Waals surface area contributed by atoms with Crippen LogP contribution in [0, 0.1) is 0 Å². The van der Waals surface area contributed by atoms with Crippen LogP contribution in [-0.2, 0) is 0 Å². The van der Waals surface area contributed by atoms with Crippen LogP contribution in [0.3, 0.4) is 0 Å². The molecule has 3 unspecified atom stereocenters. The first-order valence-corrected chi connectivity index (χ1v) is 8.03. The number of anilines is 1. The first-order valence-electron chi connectivity index (χ1n) is 8.03. The fraction of sp³-hybridized carbons (Fsp3) is 0.647. The van der Waals surface area contributed by atoms with E-state index < -0.39 is 0 Å². The van der Waals surface area contributed by atoms with Crippen molar-refractivity contribution in [2.45, 2.75) is 57.7 Å². The Bertz CT molecular complexity index is 448. The zero-order valence-electron chi connectivity index (χ0n) is 12.6. The Balaban J connectivity index is 1.64. The fourth-order valence-electron chi connectivity index (χ4n) is 3.44. The molecule has 1 aromatic carbocycles. The van der Waals surface area contributed by atoms with Crippen LogP contribution in [0.2, 0.25) is 0 Å². The zero-order valence-corrected chi connectivity index (χ0v) is 12.6. The molecule has 2 fully saturated rings. The van der Waals surface area contributed by atoms with E-state index in [0.717, 1.165) is 18.2 Å². The third kappa shape index (κ3) is 2.93. The molecule has 2 aliphatic rings. The molecule has 110 valence electrons. The number of hydrogen-bond donors (Lipinski definition) is 1. The summed E-state index contributed by atoms with van der Waals surface area (Å²) in [5.41, 5.74) is 1.20. The van der Waals surface area contributed by atoms with E-state index in [9.17, 15) is 0 Å². The van der Waals surface area contributed by atoms with Gasteiger partial charge in [-0.3, -0.25) is 4.90 Å². The Morgan fingerprint density at radius 2 is 2.25 bits per heavy atom. The molecule has 3 heteroatoms. The minimum atomic E-state index is 0.280. The lowest BCUT2D eigenvalue weighted by Gasteiger charge is -2.22. The molecule has 0 bridgehead atoms. The molecule has 3 atom stereocenters. The smallest absolute Gasteiger partial charge is 0.121 e. The maximum atomic E-state index is 5.90. The number of nitrogens with one attached hydrogen (secondary N) is 1. The van der Waals surface area contributed by atoms with E-state index in [1.54, 1.807) is 0 Å². The lowest BCUT2D eigenvalue weighted by Crippen LogP contribution is -2.33. The van der Waals surface area contributed by atoms with Crippen LogP contribution in [0.5, 0.6) is 5.75 Å². The number of rotatable bonds is 5. The number of hydrogen-bond acceptors (Lipinski definition) is 3. The number of ether oxygens (including phenoxy) is 1. The summed E-state index contributed by atoms with van der Waals surface area (Å²) in [4.78, 5) is 2.64. The van der Waals surface area contributed by atoms with Crippen molar-refractivity contribution in [1.82, 2.24) is 4.90 Å². The number of nitrogens with zero attached hydrogens (tertiary/aromatic N) is 1. The summed E-state index contributed by atoms with van der Waals surface area (Å²) >= 11 is 0. The first-order chi connectivity index (χ1) is 9.76. The quantitative estimate of drug-likeness (QED) is 0.889. The van der Waals surface area contributed by atoms with Gasteiger partial charge < -0.3 is 10.1 Å². The molecule has 2 heterocycles. The molecular weight excluding hydrogens is 248 g/mol. The van der Waals surface area contributed by atoms with E-state index in [2.05, 4.69) is 42.3 Å². The summed E-state index contributed by atoms with van der Waals surface area (Å²) in [6.45, 7) is 6.82. The Labute approximate surface area is 122 Å². The Morgan fingerprint density at radius 1 is 1.35 bits per heavy atom. The summed E-state index contributed by atoms with van der Waals surface area (Å²) in [5, 5.41) is 3.72. The highest BCUT2D eigenvalue weighted by Gasteiger charge is 2.36. The van der Waals surface area contributed by atoms with E-state index in [4.69, 9.17) is 4.74 Å². The van der Waals surface area contributed by atoms with E-state index in [0.29, 0.717) is 6.04 Å². The molecule has 3 nitrogen and oxygen atoms in total. The molecular formula is C17H26N2O. The van der Waals surface area contributed by atoms with Gasteiger partial charge in [0.15, 0.2) is 0 Å². The van der Waals surface area contributed by atoms with Crippen LogP contribution in [0.4, 0.5) is 5.69 Å². The van der Waals surface area contributed by atoms with E-state index in [1.807, 2.05) is 6.07 Å². The average Bonchev–Trinajstić information content (AvgIpc) is 3.04. The van der Waals surface area contributed by atoms with Crippen molar-refractivity contribution >= 4 is 5.69 Å². The summed E-state index contributed by atoms with van der Waals surface area (Å²) in [6, 6.07) is 9.78. The van der Waals surface area contributed by atoms with Crippen LogP contribution in [0.25, 0.3) is 0 Å². The molecule has 3 rings (SSSR count). The van der Waals surface area contributed by atoms with Crippen molar-refractivity contribution in [1.29, 1.82) is 0 Å². The maximum Gasteiger partial charge on any atom is 0.121 e. The third-order valence-corrected chi connectivity index (χ3v) is 4.70. The fourth-order valence-corrected chi connectivity index (χ4v) is 3.44. The van der Waals surface area contributed by atoms with Gasteiger partial charge >= 0.3 is 0 Å². The van der Waals surface area contributed by atoms with Crippen molar-refractivity contribution in [3.05, 3.63) is 24.3 Å². The zero-order chi connectivity index (χ0) is 13.9. The van der Waals surface area contributed by atoms with Crippen LogP contribution in [0.15, 0.2) is 24.3 Å². The lowest BCUT2D eigenvalue weighted by atomic mass is 10.1. The summed E-state index contributed by atoms with van der Waals surface area (Å²) in [7, 11) is 0. The number of benzene rings is 1. The van der Waals surface area contributed by atoms with Gasteiger partial charge in [-0.25, -0.2) is 0 Å². The van der Waals surface area contributed by atoms with Crippen LogP contribution < -0.4 is 10.1 Å². The van der Waals surface area contributed by atoms with Crippen LogP contribution in [-0.4, -0.2) is 36.2 Å². The van der Waals surface area contributed by atoms with Gasteiger partial charge in [0.25, 0.3) is 0 Å². The molecule has 0 spiro atoms. The first kappa shape index (κ1) is 13.7. The summed E-state index contributed by atoms with van der Waals surface area (Å²) < 4.78 is 5.90. The van der Waals surface area contributed by atoms with Crippen molar-refractivity contribution < 1.29 is 4.74 Å². The predicted octanol–water partition coefficient (Wildman–Crippen LogP) is 3.51. The topological polar surface area (TPSA) is 24.5 Å². The molecule has 2 aliphatic heterocycles. The molecule has 1 aromatic rings. The van der Waals surface area contributed by atoms with Crippen molar-refractivity contribution in [2.75, 3.05) is 18.4 Å². The van der Waals surface area contributed by atoms with E-state index in [-0.39, 0.29) is 6.10 Å². The van der Waals surface area contributed by atoms with Crippen LogP contribution >= 0.6 is 0 Å². The Hall–Kier alpha value is -1.22.